The quantitative estimate of drug-likeness (QED) is 0.844. The van der Waals surface area contributed by atoms with Crippen LogP contribution < -0.4 is 10.6 Å². The second-order valence-corrected chi connectivity index (χ2v) is 6.21. The van der Waals surface area contributed by atoms with Crippen LogP contribution in [-0.2, 0) is 9.59 Å². The molecule has 5 nitrogen and oxygen atoms in total. The van der Waals surface area contributed by atoms with Crippen LogP contribution in [0.3, 0.4) is 0 Å². The van der Waals surface area contributed by atoms with Crippen LogP contribution in [0, 0.1) is 0 Å². The summed E-state index contributed by atoms with van der Waals surface area (Å²) >= 11 is 5.79. The van der Waals surface area contributed by atoms with Crippen LogP contribution in [-0.4, -0.2) is 42.9 Å². The van der Waals surface area contributed by atoms with E-state index in [0.29, 0.717) is 16.8 Å². The average Bonchev–Trinajstić information content (AvgIpc) is 2.93. The molecule has 1 saturated carbocycles. The van der Waals surface area contributed by atoms with E-state index in [1.165, 1.54) is 12.8 Å². The van der Waals surface area contributed by atoms with E-state index in [0.717, 1.165) is 12.8 Å². The molecular formula is C16H22ClN3O2. The Morgan fingerprint density at radius 2 is 1.73 bits per heavy atom. The highest BCUT2D eigenvalue weighted by Crippen LogP contribution is 2.17. The van der Waals surface area contributed by atoms with Crippen molar-refractivity contribution in [2.45, 2.75) is 31.7 Å². The lowest BCUT2D eigenvalue weighted by Crippen LogP contribution is -2.42. The van der Waals surface area contributed by atoms with Gasteiger partial charge in [0.25, 0.3) is 0 Å². The topological polar surface area (TPSA) is 61.4 Å². The second kappa shape index (κ2) is 8.15. The van der Waals surface area contributed by atoms with Crippen LogP contribution in [0.1, 0.15) is 25.7 Å². The molecule has 0 radical (unpaired) electrons. The Balaban J connectivity index is 1.71. The summed E-state index contributed by atoms with van der Waals surface area (Å²) in [5, 5.41) is 6.41. The molecule has 0 atom stereocenters. The summed E-state index contributed by atoms with van der Waals surface area (Å²) in [4.78, 5) is 25.5. The summed E-state index contributed by atoms with van der Waals surface area (Å²) in [6.45, 7) is 0.394. The predicted molar refractivity (Wildman–Crippen MR) is 88.0 cm³/mol. The molecule has 0 heterocycles. The molecule has 6 heteroatoms. The molecular weight excluding hydrogens is 302 g/mol. The van der Waals surface area contributed by atoms with Gasteiger partial charge in [-0.05, 0) is 44.2 Å². The molecule has 0 aromatic heterocycles. The van der Waals surface area contributed by atoms with Gasteiger partial charge in [-0.2, -0.15) is 0 Å². The van der Waals surface area contributed by atoms with Gasteiger partial charge in [0.05, 0.1) is 13.1 Å². The van der Waals surface area contributed by atoms with Crippen molar-refractivity contribution in [2.75, 3.05) is 25.5 Å². The van der Waals surface area contributed by atoms with Crippen LogP contribution in [0.2, 0.25) is 5.02 Å². The molecule has 0 saturated heterocycles. The number of hydrogen-bond acceptors (Lipinski definition) is 3. The number of amides is 2. The molecule has 22 heavy (non-hydrogen) atoms. The fourth-order valence-electron chi connectivity index (χ4n) is 2.62. The lowest BCUT2D eigenvalue weighted by Gasteiger charge is -2.18. The van der Waals surface area contributed by atoms with Gasteiger partial charge in [-0.1, -0.05) is 24.4 Å². The van der Waals surface area contributed by atoms with Gasteiger partial charge in [0, 0.05) is 16.8 Å². The van der Waals surface area contributed by atoms with E-state index in [1.807, 2.05) is 0 Å². The first-order chi connectivity index (χ1) is 10.5. The highest BCUT2D eigenvalue weighted by molar-refractivity contribution is 6.30. The van der Waals surface area contributed by atoms with Crippen molar-refractivity contribution in [1.82, 2.24) is 10.2 Å². The van der Waals surface area contributed by atoms with Crippen molar-refractivity contribution in [3.8, 4) is 0 Å². The monoisotopic (exact) mass is 323 g/mol. The number of nitrogens with zero attached hydrogens (tertiary/aromatic N) is 1. The number of nitrogens with one attached hydrogen (secondary N) is 2. The largest absolute Gasteiger partial charge is 0.352 e. The second-order valence-electron chi connectivity index (χ2n) is 5.78. The SMILES string of the molecule is CN(CC(=O)Nc1ccc(Cl)cc1)CC(=O)NC1CCCC1. The third-order valence-electron chi connectivity index (χ3n) is 3.68. The molecule has 2 rings (SSSR count). The zero-order valence-electron chi connectivity index (χ0n) is 12.8. The zero-order chi connectivity index (χ0) is 15.9. The van der Waals surface area contributed by atoms with Gasteiger partial charge in [0.2, 0.25) is 11.8 Å². The molecule has 0 unspecified atom stereocenters. The number of carbonyl (C=O) groups excluding carboxylic acids is 2. The number of benzene rings is 1. The number of anilines is 1. The normalized spacial score (nSPS) is 15.0. The third kappa shape index (κ3) is 5.66. The van der Waals surface area contributed by atoms with Crippen molar-refractivity contribution < 1.29 is 9.59 Å². The average molecular weight is 324 g/mol. The fraction of sp³-hybridized carbons (Fsp3) is 0.500. The summed E-state index contributed by atoms with van der Waals surface area (Å²) in [5.41, 5.74) is 0.693. The van der Waals surface area contributed by atoms with Crippen molar-refractivity contribution >= 4 is 29.1 Å². The Kier molecular flexibility index (Phi) is 6.21. The van der Waals surface area contributed by atoms with Gasteiger partial charge in [-0.25, -0.2) is 0 Å². The van der Waals surface area contributed by atoms with Crippen molar-refractivity contribution in [3.63, 3.8) is 0 Å². The van der Waals surface area contributed by atoms with Crippen LogP contribution >= 0.6 is 11.6 Å². The zero-order valence-corrected chi connectivity index (χ0v) is 13.5. The Bertz CT molecular complexity index is 513. The van der Waals surface area contributed by atoms with Gasteiger partial charge in [-0.15, -0.1) is 0 Å². The summed E-state index contributed by atoms with van der Waals surface area (Å²) in [6.07, 6.45) is 4.49. The van der Waals surface area contributed by atoms with Gasteiger partial charge in [0.1, 0.15) is 0 Å². The first-order valence-corrected chi connectivity index (χ1v) is 7.94. The summed E-state index contributed by atoms with van der Waals surface area (Å²) in [6, 6.07) is 7.23. The van der Waals surface area contributed by atoms with Crippen molar-refractivity contribution in [1.29, 1.82) is 0 Å². The maximum atomic E-state index is 11.9. The summed E-state index contributed by atoms with van der Waals surface area (Å²) < 4.78 is 0. The lowest BCUT2D eigenvalue weighted by molar-refractivity contribution is -0.123. The third-order valence-corrected chi connectivity index (χ3v) is 3.93. The molecule has 2 N–H and O–H groups in total. The van der Waals surface area contributed by atoms with E-state index in [1.54, 1.807) is 36.2 Å². The fourth-order valence-corrected chi connectivity index (χ4v) is 2.75. The van der Waals surface area contributed by atoms with E-state index >= 15 is 0 Å². The van der Waals surface area contributed by atoms with Gasteiger partial charge in [-0.3, -0.25) is 14.5 Å². The van der Waals surface area contributed by atoms with Crippen molar-refractivity contribution in [3.05, 3.63) is 29.3 Å². The smallest absolute Gasteiger partial charge is 0.238 e. The number of hydrogen-bond donors (Lipinski definition) is 2. The number of halogens is 1. The minimum Gasteiger partial charge on any atom is -0.352 e. The molecule has 120 valence electrons. The minimum atomic E-state index is -0.154. The number of likely N-dealkylation sites (N-methyl/N-ethyl adjacent to an activating group) is 1. The van der Waals surface area contributed by atoms with Crippen LogP contribution in [0.15, 0.2) is 24.3 Å². The molecule has 1 aromatic carbocycles. The Labute approximate surface area is 136 Å². The number of carbonyl (C=O) groups is 2. The van der Waals surface area contributed by atoms with Crippen LogP contribution in [0.25, 0.3) is 0 Å². The maximum Gasteiger partial charge on any atom is 0.238 e. The van der Waals surface area contributed by atoms with Gasteiger partial charge < -0.3 is 10.6 Å². The molecule has 1 aromatic rings. The maximum absolute atomic E-state index is 11.9. The molecule has 0 bridgehead atoms. The first kappa shape index (κ1) is 16.8. The predicted octanol–water partition coefficient (Wildman–Crippen LogP) is 2.27. The summed E-state index contributed by atoms with van der Waals surface area (Å²) in [5.74, 6) is -0.174. The van der Waals surface area contributed by atoms with Gasteiger partial charge >= 0.3 is 0 Å². The van der Waals surface area contributed by atoms with Crippen molar-refractivity contribution in [2.24, 2.45) is 0 Å². The van der Waals surface area contributed by atoms with E-state index in [2.05, 4.69) is 10.6 Å². The summed E-state index contributed by atoms with van der Waals surface area (Å²) in [7, 11) is 1.76. The Morgan fingerprint density at radius 1 is 1.14 bits per heavy atom. The number of rotatable bonds is 6. The molecule has 0 spiro atoms. The van der Waals surface area contributed by atoms with E-state index in [-0.39, 0.29) is 24.9 Å². The Hall–Kier alpha value is -1.59. The first-order valence-electron chi connectivity index (χ1n) is 7.56. The molecule has 1 aliphatic rings. The molecule has 2 amide bonds. The van der Waals surface area contributed by atoms with E-state index < -0.39 is 0 Å². The highest BCUT2D eigenvalue weighted by atomic mass is 35.5. The van der Waals surface area contributed by atoms with E-state index in [9.17, 15) is 9.59 Å². The van der Waals surface area contributed by atoms with E-state index in [4.69, 9.17) is 11.6 Å². The van der Waals surface area contributed by atoms with Crippen LogP contribution in [0.5, 0.6) is 0 Å². The van der Waals surface area contributed by atoms with Crippen LogP contribution in [0.4, 0.5) is 5.69 Å². The molecule has 1 aliphatic carbocycles. The Morgan fingerprint density at radius 3 is 2.36 bits per heavy atom. The minimum absolute atomic E-state index is 0.0197. The standard InChI is InChI=1S/C16H22ClN3O2/c1-20(10-15(21)18-13-4-2-3-5-13)11-16(22)19-14-8-6-12(17)7-9-14/h6-9,13H,2-5,10-11H2,1H3,(H,18,21)(H,19,22). The van der Waals surface area contributed by atoms with Gasteiger partial charge in [0.15, 0.2) is 0 Å². The molecule has 1 fully saturated rings. The highest BCUT2D eigenvalue weighted by Gasteiger charge is 2.18. The lowest BCUT2D eigenvalue weighted by atomic mass is 10.2. The molecule has 0 aliphatic heterocycles.